The van der Waals surface area contributed by atoms with Crippen LogP contribution in [-0.2, 0) is 4.74 Å². The normalized spacial score (nSPS) is 12.2. The van der Waals surface area contributed by atoms with Crippen LogP contribution in [0.4, 0.5) is 0 Å². The Hall–Kier alpha value is -2.23. The Morgan fingerprint density at radius 2 is 2.08 bits per heavy atom. The Morgan fingerprint density at radius 3 is 2.67 bits per heavy atom. The van der Waals surface area contributed by atoms with Crippen molar-refractivity contribution in [1.29, 1.82) is 0 Å². The highest BCUT2D eigenvalue weighted by atomic mass is 16.5. The number of allylic oxidation sites excluding steroid dienone is 2. The van der Waals surface area contributed by atoms with Crippen LogP contribution in [0.1, 0.15) is 54.1 Å². The standard InChI is InChI=1S/C20H28O4/c1-6-8-9-10-12-16(11-7-2)24-17-13-14(3)18(20(22)23-5)19(21)15(17)4/h7-9,13,16,21H,2,6,10-12H2,1,3-5H3/b9-8-. The second-order valence-corrected chi connectivity index (χ2v) is 5.75. The predicted octanol–water partition coefficient (Wildman–Crippen LogP) is 4.87. The number of carbonyl (C=O) groups excluding carboxylic acids is 1. The van der Waals surface area contributed by atoms with Crippen LogP contribution in [0.2, 0.25) is 0 Å². The molecule has 0 bridgehead atoms. The van der Waals surface area contributed by atoms with E-state index in [0.29, 0.717) is 16.9 Å². The van der Waals surface area contributed by atoms with Crippen LogP contribution in [0.15, 0.2) is 30.9 Å². The lowest BCUT2D eigenvalue weighted by atomic mass is 10.0. The number of hydrogen-bond donors (Lipinski definition) is 1. The van der Waals surface area contributed by atoms with Crippen LogP contribution in [0.25, 0.3) is 0 Å². The van der Waals surface area contributed by atoms with Gasteiger partial charge in [-0.2, -0.15) is 0 Å². The van der Waals surface area contributed by atoms with E-state index in [4.69, 9.17) is 9.47 Å². The van der Waals surface area contributed by atoms with Gasteiger partial charge in [0.05, 0.1) is 7.11 Å². The number of ether oxygens (including phenoxy) is 2. The first-order valence-electron chi connectivity index (χ1n) is 8.30. The van der Waals surface area contributed by atoms with Gasteiger partial charge in [-0.1, -0.05) is 25.2 Å². The molecule has 0 saturated heterocycles. The Morgan fingerprint density at radius 1 is 1.38 bits per heavy atom. The molecule has 0 heterocycles. The molecule has 1 N–H and O–H groups in total. The maximum atomic E-state index is 11.8. The molecule has 1 rings (SSSR count). The van der Waals surface area contributed by atoms with Gasteiger partial charge in [-0.25, -0.2) is 4.79 Å². The lowest BCUT2D eigenvalue weighted by Crippen LogP contribution is -2.16. The summed E-state index contributed by atoms with van der Waals surface area (Å²) in [6.07, 6.45) is 9.63. The van der Waals surface area contributed by atoms with Crippen molar-refractivity contribution < 1.29 is 19.4 Å². The van der Waals surface area contributed by atoms with Crippen LogP contribution < -0.4 is 4.74 Å². The highest BCUT2D eigenvalue weighted by molar-refractivity contribution is 5.95. The van der Waals surface area contributed by atoms with Crippen molar-refractivity contribution in [3.8, 4) is 11.5 Å². The number of rotatable bonds is 9. The predicted molar refractivity (Wildman–Crippen MR) is 96.8 cm³/mol. The molecule has 1 atom stereocenters. The summed E-state index contributed by atoms with van der Waals surface area (Å²) >= 11 is 0. The molecule has 0 spiro atoms. The summed E-state index contributed by atoms with van der Waals surface area (Å²) in [5.41, 5.74) is 1.36. The summed E-state index contributed by atoms with van der Waals surface area (Å²) in [6, 6.07) is 1.78. The third kappa shape index (κ3) is 5.15. The molecule has 132 valence electrons. The van der Waals surface area contributed by atoms with E-state index in [0.717, 1.165) is 25.7 Å². The zero-order chi connectivity index (χ0) is 18.1. The van der Waals surface area contributed by atoms with E-state index in [9.17, 15) is 9.90 Å². The fraction of sp³-hybridized carbons (Fsp3) is 0.450. The van der Waals surface area contributed by atoms with Gasteiger partial charge in [-0.05, 0) is 44.7 Å². The summed E-state index contributed by atoms with van der Waals surface area (Å²) in [6.45, 7) is 9.38. The topological polar surface area (TPSA) is 55.8 Å². The largest absolute Gasteiger partial charge is 0.507 e. The van der Waals surface area contributed by atoms with Gasteiger partial charge in [0.1, 0.15) is 23.2 Å². The fourth-order valence-corrected chi connectivity index (χ4v) is 2.51. The first-order valence-corrected chi connectivity index (χ1v) is 8.30. The minimum absolute atomic E-state index is 0.0227. The van der Waals surface area contributed by atoms with E-state index in [-0.39, 0.29) is 17.4 Å². The minimum Gasteiger partial charge on any atom is -0.507 e. The number of benzene rings is 1. The molecular weight excluding hydrogens is 304 g/mol. The van der Waals surface area contributed by atoms with E-state index >= 15 is 0 Å². The first-order chi connectivity index (χ1) is 11.5. The Bertz CT molecular complexity index is 602. The molecule has 0 radical (unpaired) electrons. The van der Waals surface area contributed by atoms with Gasteiger partial charge in [0.15, 0.2) is 0 Å². The van der Waals surface area contributed by atoms with Crippen LogP contribution >= 0.6 is 0 Å². The van der Waals surface area contributed by atoms with Gasteiger partial charge < -0.3 is 14.6 Å². The zero-order valence-corrected chi connectivity index (χ0v) is 15.1. The van der Waals surface area contributed by atoms with Crippen molar-refractivity contribution in [3.05, 3.63) is 47.6 Å². The van der Waals surface area contributed by atoms with Crippen molar-refractivity contribution in [1.82, 2.24) is 0 Å². The monoisotopic (exact) mass is 332 g/mol. The average molecular weight is 332 g/mol. The fourth-order valence-electron chi connectivity index (χ4n) is 2.51. The number of phenolic OH excluding ortho intramolecular Hbond substituents is 1. The number of methoxy groups -OCH3 is 1. The van der Waals surface area contributed by atoms with Gasteiger partial charge in [0, 0.05) is 12.0 Å². The Kier molecular flexibility index (Phi) is 8.10. The van der Waals surface area contributed by atoms with E-state index in [2.05, 4.69) is 25.7 Å². The number of aryl methyl sites for hydroxylation is 1. The van der Waals surface area contributed by atoms with E-state index in [1.54, 1.807) is 19.9 Å². The lowest BCUT2D eigenvalue weighted by Gasteiger charge is -2.21. The number of aromatic hydroxyl groups is 1. The lowest BCUT2D eigenvalue weighted by molar-refractivity contribution is 0.0596. The summed E-state index contributed by atoms with van der Waals surface area (Å²) in [5.74, 6) is -0.0453. The van der Waals surface area contributed by atoms with E-state index in [1.807, 2.05) is 6.08 Å². The summed E-state index contributed by atoms with van der Waals surface area (Å²) in [5, 5.41) is 10.3. The molecule has 0 saturated carbocycles. The highest BCUT2D eigenvalue weighted by Crippen LogP contribution is 2.35. The third-order valence-corrected chi connectivity index (χ3v) is 3.87. The van der Waals surface area contributed by atoms with Crippen molar-refractivity contribution in [2.45, 2.75) is 52.6 Å². The second kappa shape index (κ2) is 9.81. The van der Waals surface area contributed by atoms with Gasteiger partial charge in [-0.15, -0.1) is 6.58 Å². The van der Waals surface area contributed by atoms with Crippen molar-refractivity contribution >= 4 is 5.97 Å². The molecule has 1 unspecified atom stereocenters. The molecule has 0 aliphatic carbocycles. The molecule has 24 heavy (non-hydrogen) atoms. The number of esters is 1. The highest BCUT2D eigenvalue weighted by Gasteiger charge is 2.21. The molecule has 0 amide bonds. The van der Waals surface area contributed by atoms with Crippen LogP contribution in [0.3, 0.4) is 0 Å². The summed E-state index contributed by atoms with van der Waals surface area (Å²) in [7, 11) is 1.30. The van der Waals surface area contributed by atoms with Crippen LogP contribution in [0, 0.1) is 13.8 Å². The Balaban J connectivity index is 3.01. The number of carbonyl (C=O) groups is 1. The molecule has 0 aliphatic heterocycles. The molecule has 0 aliphatic rings. The Labute approximate surface area is 144 Å². The third-order valence-electron chi connectivity index (χ3n) is 3.87. The van der Waals surface area contributed by atoms with Crippen LogP contribution in [-0.4, -0.2) is 24.3 Å². The molecule has 1 aromatic rings. The van der Waals surface area contributed by atoms with Gasteiger partial charge in [0.2, 0.25) is 0 Å². The van der Waals surface area contributed by atoms with Gasteiger partial charge >= 0.3 is 5.97 Å². The maximum absolute atomic E-state index is 11.8. The molecular formula is C20H28O4. The SMILES string of the molecule is C=CCC(CC/C=C\CC)Oc1cc(C)c(C(=O)OC)c(O)c1C. The number of phenols is 1. The molecule has 4 heteroatoms. The van der Waals surface area contributed by atoms with Gasteiger partial charge in [0.25, 0.3) is 0 Å². The molecule has 0 aromatic heterocycles. The molecule has 1 aromatic carbocycles. The smallest absolute Gasteiger partial charge is 0.341 e. The summed E-state index contributed by atoms with van der Waals surface area (Å²) in [4.78, 5) is 11.8. The first kappa shape index (κ1) is 19.8. The quantitative estimate of drug-likeness (QED) is 0.518. The molecule has 0 fully saturated rings. The van der Waals surface area contributed by atoms with E-state index in [1.165, 1.54) is 7.11 Å². The maximum Gasteiger partial charge on any atom is 0.341 e. The zero-order valence-electron chi connectivity index (χ0n) is 15.1. The van der Waals surface area contributed by atoms with Crippen molar-refractivity contribution in [2.24, 2.45) is 0 Å². The summed E-state index contributed by atoms with van der Waals surface area (Å²) < 4.78 is 10.8. The van der Waals surface area contributed by atoms with Gasteiger partial charge in [-0.3, -0.25) is 0 Å². The van der Waals surface area contributed by atoms with Crippen molar-refractivity contribution in [3.63, 3.8) is 0 Å². The van der Waals surface area contributed by atoms with Crippen LogP contribution in [0.5, 0.6) is 11.5 Å². The van der Waals surface area contributed by atoms with Crippen molar-refractivity contribution in [2.75, 3.05) is 7.11 Å². The molecule has 4 nitrogen and oxygen atoms in total. The second-order valence-electron chi connectivity index (χ2n) is 5.75. The number of hydrogen-bond acceptors (Lipinski definition) is 4. The average Bonchev–Trinajstić information content (AvgIpc) is 2.56. The van der Waals surface area contributed by atoms with E-state index < -0.39 is 5.97 Å². The minimum atomic E-state index is -0.549.